The number of hydrogen-bond acceptors (Lipinski definition) is 9. The van der Waals surface area contributed by atoms with Crippen molar-refractivity contribution < 1.29 is 27.9 Å². The second kappa shape index (κ2) is 19.5. The fourth-order valence-electron chi connectivity index (χ4n) is 8.56. The molecule has 14 heteroatoms. The molecular formula is C45H59F3N8O3. The smallest absolute Gasteiger partial charge is 0.382 e. The minimum Gasteiger partial charge on any atom is -0.382 e. The molecule has 11 nitrogen and oxygen atoms in total. The molecule has 0 bridgehead atoms. The van der Waals surface area contributed by atoms with Crippen LogP contribution in [0.15, 0.2) is 66.7 Å². The quantitative estimate of drug-likeness (QED) is 0.0875. The normalized spacial score (nSPS) is 19.2. The maximum atomic E-state index is 13.6. The Bertz CT molecular complexity index is 2040. The molecule has 3 aromatic carbocycles. The molecule has 1 aromatic heterocycles. The zero-order chi connectivity index (χ0) is 42.3. The number of nitrogens with zero attached hydrogens (tertiary/aromatic N) is 5. The van der Waals surface area contributed by atoms with Crippen LogP contribution in [0.2, 0.25) is 0 Å². The van der Waals surface area contributed by atoms with Gasteiger partial charge in [0.25, 0.3) is 5.91 Å². The number of aliphatic hydroxyl groups excluding tert-OH is 1. The van der Waals surface area contributed by atoms with Gasteiger partial charge in [0.05, 0.1) is 17.3 Å². The van der Waals surface area contributed by atoms with Crippen LogP contribution in [0.4, 0.5) is 24.7 Å². The molecular weight excluding hydrogens is 758 g/mol. The van der Waals surface area contributed by atoms with Gasteiger partial charge in [-0.15, -0.1) is 5.10 Å². The molecule has 6 rings (SSSR count). The molecule has 5 atom stereocenters. The van der Waals surface area contributed by atoms with Crippen LogP contribution in [0.1, 0.15) is 86.4 Å². The van der Waals surface area contributed by atoms with Gasteiger partial charge >= 0.3 is 6.18 Å². The van der Waals surface area contributed by atoms with Gasteiger partial charge in [-0.25, -0.2) is 0 Å². The Morgan fingerprint density at radius 1 is 0.915 bits per heavy atom. The molecule has 318 valence electrons. The van der Waals surface area contributed by atoms with E-state index >= 15 is 0 Å². The third kappa shape index (κ3) is 10.9. The van der Waals surface area contributed by atoms with Crippen LogP contribution in [0.25, 0.3) is 10.8 Å². The van der Waals surface area contributed by atoms with Crippen LogP contribution >= 0.6 is 0 Å². The van der Waals surface area contributed by atoms with Crippen LogP contribution in [-0.2, 0) is 22.2 Å². The van der Waals surface area contributed by atoms with Crippen molar-refractivity contribution in [2.24, 2.45) is 5.73 Å². The molecule has 59 heavy (non-hydrogen) atoms. The van der Waals surface area contributed by atoms with Gasteiger partial charge in [-0.1, -0.05) is 67.8 Å². The summed E-state index contributed by atoms with van der Waals surface area (Å²) in [4.78, 5) is 32.7. The predicted molar refractivity (Wildman–Crippen MR) is 226 cm³/mol. The molecule has 0 saturated carbocycles. The van der Waals surface area contributed by atoms with E-state index < -0.39 is 41.9 Å². The third-order valence-corrected chi connectivity index (χ3v) is 12.1. The first-order valence-electron chi connectivity index (χ1n) is 21.0. The van der Waals surface area contributed by atoms with Crippen molar-refractivity contribution in [2.75, 3.05) is 49.5 Å². The summed E-state index contributed by atoms with van der Waals surface area (Å²) in [5.41, 5.74) is 9.05. The molecule has 0 radical (unpaired) electrons. The summed E-state index contributed by atoms with van der Waals surface area (Å²) in [5, 5.41) is 27.3. The average Bonchev–Trinajstić information content (AvgIpc) is 3.48. The average molecular weight is 817 g/mol. The van der Waals surface area contributed by atoms with E-state index in [4.69, 9.17) is 5.73 Å². The lowest BCUT2D eigenvalue weighted by Gasteiger charge is -2.36. The van der Waals surface area contributed by atoms with E-state index in [2.05, 4.69) is 48.8 Å². The number of hydrogen-bond donors (Lipinski definition) is 4. The summed E-state index contributed by atoms with van der Waals surface area (Å²) in [6.07, 6.45) is 0.279. The molecule has 2 saturated heterocycles. The number of halogens is 3. The predicted octanol–water partition coefficient (Wildman–Crippen LogP) is 6.55. The van der Waals surface area contributed by atoms with E-state index in [1.54, 1.807) is 6.07 Å². The van der Waals surface area contributed by atoms with Crippen LogP contribution in [0.5, 0.6) is 0 Å². The Balaban J connectivity index is 0.904. The maximum absolute atomic E-state index is 13.6. The van der Waals surface area contributed by atoms with E-state index in [1.165, 1.54) is 13.0 Å². The Hall–Kier alpha value is -4.79. The number of carbonyl (C=O) groups is 2. The number of alkyl halides is 3. The number of aliphatic hydroxyl groups is 1. The number of likely N-dealkylation sites (tertiary alicyclic amines) is 1. The number of amides is 2. The summed E-state index contributed by atoms with van der Waals surface area (Å²) in [6, 6.07) is 18.2. The minimum absolute atomic E-state index is 0.0128. The summed E-state index contributed by atoms with van der Waals surface area (Å²) >= 11 is 0. The van der Waals surface area contributed by atoms with E-state index in [1.807, 2.05) is 56.0 Å². The topological polar surface area (TPSA) is 140 Å². The van der Waals surface area contributed by atoms with E-state index in [-0.39, 0.29) is 17.5 Å². The molecule has 4 aromatic rings. The highest BCUT2D eigenvalue weighted by Crippen LogP contribution is 2.36. The minimum atomic E-state index is -4.42. The number of carbonyl (C=O) groups excluding carboxylic acids is 2. The van der Waals surface area contributed by atoms with E-state index in [9.17, 15) is 27.9 Å². The molecule has 0 aliphatic carbocycles. The SMILES string of the molecule is Cc1c(C(C)Nc2nnc(C)c3ccc(N4CCN(CCCCCCCN5C(=O)C(NC(=O)C(O)C(N)Cc6ccccc6)CC5C)CC4)cc23)cccc1C(F)(F)F. The Labute approximate surface area is 345 Å². The van der Waals surface area contributed by atoms with Gasteiger partial charge in [-0.3, -0.25) is 14.5 Å². The van der Waals surface area contributed by atoms with Crippen LogP contribution in [0, 0.1) is 13.8 Å². The Morgan fingerprint density at radius 2 is 1.61 bits per heavy atom. The maximum Gasteiger partial charge on any atom is 0.416 e. The van der Waals surface area contributed by atoms with E-state index in [0.717, 1.165) is 98.6 Å². The van der Waals surface area contributed by atoms with Crippen molar-refractivity contribution in [2.45, 2.75) is 109 Å². The highest BCUT2D eigenvalue weighted by Gasteiger charge is 2.39. The van der Waals surface area contributed by atoms with Gasteiger partial charge in [0.1, 0.15) is 12.1 Å². The standard InChI is InChI=1S/C45H59F3N8O3/c1-29-26-40(51-43(58)41(57)39(49)27-33-14-9-8-10-15-33)44(59)56(29)21-12-7-5-6-11-20-54-22-24-55(25-23-54)34-18-19-36-32(4)52-53-42(37(36)28-34)50-31(3)35-16-13-17-38(30(35)2)45(46,47)48/h8-10,13-19,28-29,31,39-41,57H,5-7,11-12,20-27,49H2,1-4H3,(H,50,53)(H,51,58). The number of unbranched alkanes of at least 4 members (excludes halogenated alkanes) is 4. The number of fused-ring (bicyclic) bond motifs is 1. The van der Waals surface area contributed by atoms with Gasteiger partial charge in [-0.05, 0) is 94.8 Å². The van der Waals surface area contributed by atoms with E-state index in [0.29, 0.717) is 30.8 Å². The fraction of sp³-hybridized carbons (Fsp3) is 0.511. The van der Waals surface area contributed by atoms with Crippen molar-refractivity contribution in [3.8, 4) is 0 Å². The Morgan fingerprint density at radius 3 is 2.32 bits per heavy atom. The van der Waals surface area contributed by atoms with Crippen molar-refractivity contribution in [3.05, 3.63) is 94.7 Å². The molecule has 2 aliphatic rings. The third-order valence-electron chi connectivity index (χ3n) is 12.1. The summed E-state index contributed by atoms with van der Waals surface area (Å²) in [7, 11) is 0. The van der Waals surface area contributed by atoms with Crippen molar-refractivity contribution >= 4 is 34.1 Å². The molecule has 5 N–H and O–H groups in total. The second-order valence-electron chi connectivity index (χ2n) is 16.3. The first kappa shape index (κ1) is 43.8. The lowest BCUT2D eigenvalue weighted by molar-refractivity contribution is -0.138. The summed E-state index contributed by atoms with van der Waals surface area (Å²) in [5.74, 6) is -0.163. The second-order valence-corrected chi connectivity index (χ2v) is 16.3. The number of anilines is 2. The van der Waals surface area contributed by atoms with Crippen LogP contribution in [-0.4, -0.2) is 100 Å². The summed E-state index contributed by atoms with van der Waals surface area (Å²) in [6.45, 7) is 12.6. The number of piperazine rings is 1. The zero-order valence-corrected chi connectivity index (χ0v) is 34.6. The molecule has 5 unspecified atom stereocenters. The lowest BCUT2D eigenvalue weighted by Crippen LogP contribution is -2.51. The number of benzene rings is 3. The zero-order valence-electron chi connectivity index (χ0n) is 34.6. The van der Waals surface area contributed by atoms with Crippen LogP contribution < -0.4 is 21.3 Å². The summed E-state index contributed by atoms with van der Waals surface area (Å²) < 4.78 is 40.9. The number of nitrogens with two attached hydrogens (primary N) is 1. The molecule has 2 fully saturated rings. The monoisotopic (exact) mass is 816 g/mol. The van der Waals surface area contributed by atoms with Gasteiger partial charge in [0.2, 0.25) is 5.91 Å². The van der Waals surface area contributed by atoms with Crippen molar-refractivity contribution in [3.63, 3.8) is 0 Å². The van der Waals surface area contributed by atoms with Gasteiger partial charge in [-0.2, -0.15) is 18.3 Å². The van der Waals surface area contributed by atoms with Gasteiger partial charge in [0.15, 0.2) is 5.82 Å². The number of aromatic nitrogens is 2. The number of aryl methyl sites for hydroxylation is 1. The molecule has 3 heterocycles. The number of rotatable bonds is 17. The molecule has 2 aliphatic heterocycles. The van der Waals surface area contributed by atoms with Gasteiger partial charge < -0.3 is 31.3 Å². The van der Waals surface area contributed by atoms with Gasteiger partial charge in [0, 0.05) is 61.3 Å². The number of nitrogens with one attached hydrogen (secondary N) is 2. The fourth-order valence-corrected chi connectivity index (χ4v) is 8.56. The van der Waals surface area contributed by atoms with Crippen LogP contribution in [0.3, 0.4) is 0 Å². The highest BCUT2D eigenvalue weighted by atomic mass is 19.4. The van der Waals surface area contributed by atoms with Crippen molar-refractivity contribution in [1.82, 2.24) is 25.3 Å². The molecule has 0 spiro atoms. The highest BCUT2D eigenvalue weighted by molar-refractivity contribution is 5.95. The largest absolute Gasteiger partial charge is 0.416 e. The lowest BCUT2D eigenvalue weighted by atomic mass is 9.97. The first-order chi connectivity index (χ1) is 28.2. The first-order valence-corrected chi connectivity index (χ1v) is 21.0. The Kier molecular flexibility index (Phi) is 14.5. The molecule has 2 amide bonds. The van der Waals surface area contributed by atoms with Crippen molar-refractivity contribution in [1.29, 1.82) is 0 Å².